The van der Waals surface area contributed by atoms with Crippen LogP contribution in [0.4, 0.5) is 4.79 Å². The van der Waals surface area contributed by atoms with Crippen LogP contribution in [0.2, 0.25) is 0 Å². The van der Waals surface area contributed by atoms with Gasteiger partial charge >= 0.3 is 12.0 Å². The predicted molar refractivity (Wildman–Crippen MR) is 74.0 cm³/mol. The molecule has 1 fully saturated rings. The van der Waals surface area contributed by atoms with E-state index in [1.54, 1.807) is 0 Å². The lowest BCUT2D eigenvalue weighted by Gasteiger charge is -2.20. The summed E-state index contributed by atoms with van der Waals surface area (Å²) in [7, 11) is 0. The van der Waals surface area contributed by atoms with E-state index in [0.29, 0.717) is 18.2 Å². The van der Waals surface area contributed by atoms with Crippen molar-refractivity contribution in [3.05, 3.63) is 35.4 Å². The number of aliphatic carboxylic acids is 1. The van der Waals surface area contributed by atoms with Crippen LogP contribution in [0, 0.1) is 6.92 Å². The maximum Gasteiger partial charge on any atom is 0.327 e. The van der Waals surface area contributed by atoms with E-state index in [4.69, 9.17) is 5.11 Å². The molecule has 0 aromatic heterocycles. The Morgan fingerprint density at radius 3 is 2.74 bits per heavy atom. The summed E-state index contributed by atoms with van der Waals surface area (Å²) in [5.74, 6) is -0.0697. The monoisotopic (exact) mass is 280 g/mol. The molecule has 1 aliphatic rings. The number of hydrogen-bond donors (Lipinski definition) is 2. The number of urea groups is 1. The van der Waals surface area contributed by atoms with Gasteiger partial charge in [-0.3, -0.25) is 0 Å². The fourth-order valence-corrected chi connectivity index (χ4v) is 2.98. The molecule has 5 nitrogen and oxygen atoms in total. The van der Waals surface area contributed by atoms with Crippen LogP contribution >= 0.6 is 11.8 Å². The molecule has 1 saturated heterocycles. The summed E-state index contributed by atoms with van der Waals surface area (Å²) < 4.78 is 0. The van der Waals surface area contributed by atoms with Gasteiger partial charge in [-0.15, -0.1) is 11.8 Å². The summed E-state index contributed by atoms with van der Waals surface area (Å²) in [6, 6.07) is 6.81. The number of hydrogen-bond acceptors (Lipinski definition) is 3. The smallest absolute Gasteiger partial charge is 0.327 e. The van der Waals surface area contributed by atoms with E-state index in [9.17, 15) is 9.59 Å². The fraction of sp³-hybridized carbons (Fsp3) is 0.385. The number of thioether (sulfide) groups is 1. The Balaban J connectivity index is 1.90. The molecule has 2 N–H and O–H groups in total. The van der Waals surface area contributed by atoms with E-state index in [2.05, 4.69) is 5.32 Å². The average Bonchev–Trinajstić information content (AvgIpc) is 2.87. The topological polar surface area (TPSA) is 69.6 Å². The van der Waals surface area contributed by atoms with Crippen molar-refractivity contribution in [1.82, 2.24) is 10.2 Å². The molecule has 1 aromatic carbocycles. The molecule has 1 aromatic rings. The molecule has 1 heterocycles. The predicted octanol–water partition coefficient (Wildman–Crippen LogP) is 1.66. The highest BCUT2D eigenvalue weighted by Gasteiger charge is 2.34. The quantitative estimate of drug-likeness (QED) is 0.883. The van der Waals surface area contributed by atoms with Crippen LogP contribution in [-0.2, 0) is 11.3 Å². The Bertz CT molecular complexity index is 475. The van der Waals surface area contributed by atoms with Crippen LogP contribution in [0.15, 0.2) is 24.3 Å². The molecule has 0 saturated carbocycles. The first-order valence-corrected chi connectivity index (χ1v) is 7.14. The molecule has 0 radical (unpaired) electrons. The van der Waals surface area contributed by atoms with Crippen molar-refractivity contribution in [2.24, 2.45) is 0 Å². The Morgan fingerprint density at radius 2 is 2.11 bits per heavy atom. The number of nitrogens with zero attached hydrogens (tertiary/aromatic N) is 1. The SMILES string of the molecule is Cc1ccc(CNC(=O)N2CSCC2C(=O)O)cc1. The zero-order valence-electron chi connectivity index (χ0n) is 10.6. The van der Waals surface area contributed by atoms with Crippen molar-refractivity contribution >= 4 is 23.8 Å². The molecule has 2 rings (SSSR count). The lowest BCUT2D eigenvalue weighted by atomic mass is 10.1. The number of nitrogens with one attached hydrogen (secondary N) is 1. The van der Waals surface area contributed by atoms with E-state index in [1.165, 1.54) is 16.7 Å². The molecule has 0 spiro atoms. The van der Waals surface area contributed by atoms with Gasteiger partial charge in [0.05, 0.1) is 5.88 Å². The molecule has 19 heavy (non-hydrogen) atoms. The Morgan fingerprint density at radius 1 is 1.42 bits per heavy atom. The molecule has 2 amide bonds. The minimum Gasteiger partial charge on any atom is -0.480 e. The van der Waals surface area contributed by atoms with Gasteiger partial charge in [-0.1, -0.05) is 29.8 Å². The van der Waals surface area contributed by atoms with Crippen molar-refractivity contribution in [2.75, 3.05) is 11.6 Å². The number of amides is 2. The lowest BCUT2D eigenvalue weighted by molar-refractivity contribution is -0.140. The Labute approximate surface area is 116 Å². The third-order valence-electron chi connectivity index (χ3n) is 2.99. The molecule has 0 aliphatic carbocycles. The van der Waals surface area contributed by atoms with Crippen LogP contribution in [-0.4, -0.2) is 39.7 Å². The second-order valence-electron chi connectivity index (χ2n) is 4.47. The van der Waals surface area contributed by atoms with Gasteiger partial charge in [0.25, 0.3) is 0 Å². The molecule has 1 atom stereocenters. The standard InChI is InChI=1S/C13H16N2O3S/c1-9-2-4-10(5-3-9)6-14-13(18)15-8-19-7-11(15)12(16)17/h2-5,11H,6-8H2,1H3,(H,14,18)(H,16,17). The van der Waals surface area contributed by atoms with Crippen molar-refractivity contribution in [3.63, 3.8) is 0 Å². The third-order valence-corrected chi connectivity index (χ3v) is 4.00. The van der Waals surface area contributed by atoms with Gasteiger partial charge in [0.1, 0.15) is 6.04 Å². The normalized spacial score (nSPS) is 18.4. The van der Waals surface area contributed by atoms with Gasteiger partial charge in [0.15, 0.2) is 0 Å². The first-order chi connectivity index (χ1) is 9.08. The third kappa shape index (κ3) is 3.41. The largest absolute Gasteiger partial charge is 0.480 e. The highest BCUT2D eigenvalue weighted by atomic mass is 32.2. The fourth-order valence-electron chi connectivity index (χ4n) is 1.83. The van der Waals surface area contributed by atoms with Crippen molar-refractivity contribution < 1.29 is 14.7 Å². The highest BCUT2D eigenvalue weighted by molar-refractivity contribution is 7.99. The molecular weight excluding hydrogens is 264 g/mol. The minimum atomic E-state index is -0.949. The summed E-state index contributed by atoms with van der Waals surface area (Å²) in [5, 5.41) is 11.8. The highest BCUT2D eigenvalue weighted by Crippen LogP contribution is 2.20. The average molecular weight is 280 g/mol. The van der Waals surface area contributed by atoms with E-state index in [-0.39, 0.29) is 6.03 Å². The second kappa shape index (κ2) is 5.97. The number of rotatable bonds is 3. The van der Waals surface area contributed by atoms with E-state index < -0.39 is 12.0 Å². The van der Waals surface area contributed by atoms with E-state index >= 15 is 0 Å². The molecule has 6 heteroatoms. The molecule has 102 valence electrons. The summed E-state index contributed by atoms with van der Waals surface area (Å²) in [5.41, 5.74) is 2.16. The van der Waals surface area contributed by atoms with Gasteiger partial charge in [-0.25, -0.2) is 9.59 Å². The Hall–Kier alpha value is -1.69. The maximum atomic E-state index is 11.9. The number of carboxylic acids is 1. The summed E-state index contributed by atoms with van der Waals surface area (Å²) in [6.07, 6.45) is 0. The summed E-state index contributed by atoms with van der Waals surface area (Å²) in [4.78, 5) is 24.3. The van der Waals surface area contributed by atoms with Crippen LogP contribution < -0.4 is 5.32 Å². The van der Waals surface area contributed by atoms with Crippen molar-refractivity contribution in [2.45, 2.75) is 19.5 Å². The van der Waals surface area contributed by atoms with Crippen LogP contribution in [0.1, 0.15) is 11.1 Å². The first-order valence-electron chi connectivity index (χ1n) is 5.98. The van der Waals surface area contributed by atoms with Crippen molar-refractivity contribution in [3.8, 4) is 0 Å². The van der Waals surface area contributed by atoms with E-state index in [1.807, 2.05) is 31.2 Å². The van der Waals surface area contributed by atoms with E-state index in [0.717, 1.165) is 11.1 Å². The molecule has 1 aliphatic heterocycles. The number of carbonyl (C=O) groups excluding carboxylic acids is 1. The molecular formula is C13H16N2O3S. The van der Waals surface area contributed by atoms with Crippen molar-refractivity contribution in [1.29, 1.82) is 0 Å². The van der Waals surface area contributed by atoms with Gasteiger partial charge in [-0.2, -0.15) is 0 Å². The molecule has 0 bridgehead atoms. The lowest BCUT2D eigenvalue weighted by Crippen LogP contribution is -2.46. The summed E-state index contributed by atoms with van der Waals surface area (Å²) in [6.45, 7) is 2.41. The van der Waals surface area contributed by atoms with Crippen LogP contribution in [0.3, 0.4) is 0 Å². The zero-order valence-corrected chi connectivity index (χ0v) is 11.4. The number of carbonyl (C=O) groups is 2. The van der Waals surface area contributed by atoms with Gasteiger partial charge in [-0.05, 0) is 12.5 Å². The van der Waals surface area contributed by atoms with Gasteiger partial charge in [0, 0.05) is 12.3 Å². The number of benzene rings is 1. The second-order valence-corrected chi connectivity index (χ2v) is 5.47. The van der Waals surface area contributed by atoms with Crippen LogP contribution in [0.25, 0.3) is 0 Å². The number of aryl methyl sites for hydroxylation is 1. The molecule has 1 unspecified atom stereocenters. The maximum absolute atomic E-state index is 11.9. The Kier molecular flexibility index (Phi) is 4.31. The summed E-state index contributed by atoms with van der Waals surface area (Å²) >= 11 is 1.45. The van der Waals surface area contributed by atoms with Crippen LogP contribution in [0.5, 0.6) is 0 Å². The van der Waals surface area contributed by atoms with Gasteiger partial charge in [0.2, 0.25) is 0 Å². The zero-order chi connectivity index (χ0) is 13.8. The minimum absolute atomic E-state index is 0.321. The number of carboxylic acid groups (broad SMARTS) is 1. The first kappa shape index (κ1) is 13.7. The van der Waals surface area contributed by atoms with Gasteiger partial charge < -0.3 is 15.3 Å².